The van der Waals surface area contributed by atoms with E-state index in [1.807, 2.05) is 0 Å². The van der Waals surface area contributed by atoms with Crippen molar-refractivity contribution in [2.75, 3.05) is 19.4 Å². The Hall–Kier alpha value is -1.45. The van der Waals surface area contributed by atoms with E-state index in [-0.39, 0.29) is 11.7 Å². The maximum atomic E-state index is 12.1. The van der Waals surface area contributed by atoms with Gasteiger partial charge in [-0.2, -0.15) is 17.4 Å². The van der Waals surface area contributed by atoms with Gasteiger partial charge in [-0.1, -0.05) is 19.0 Å². The molecule has 8 nitrogen and oxygen atoms in total. The summed E-state index contributed by atoms with van der Waals surface area (Å²) in [6.07, 6.45) is 0. The van der Waals surface area contributed by atoms with Crippen molar-refractivity contribution in [3.8, 4) is 0 Å². The molecule has 0 saturated heterocycles. The minimum absolute atomic E-state index is 0.224. The zero-order chi connectivity index (χ0) is 15.5. The Labute approximate surface area is 118 Å². The van der Waals surface area contributed by atoms with Gasteiger partial charge in [0, 0.05) is 20.2 Å². The predicted molar refractivity (Wildman–Crippen MR) is 74.2 cm³/mol. The summed E-state index contributed by atoms with van der Waals surface area (Å²) in [5.41, 5.74) is 0. The van der Waals surface area contributed by atoms with Crippen LogP contribution in [0.15, 0.2) is 10.6 Å². The second-order valence-electron chi connectivity index (χ2n) is 4.94. The average Bonchev–Trinajstić information content (AvgIpc) is 2.71. The van der Waals surface area contributed by atoms with E-state index >= 15 is 0 Å². The summed E-state index contributed by atoms with van der Waals surface area (Å²) in [6.45, 7) is 5.18. The van der Waals surface area contributed by atoms with Crippen LogP contribution in [0.1, 0.15) is 19.6 Å². The van der Waals surface area contributed by atoms with E-state index in [9.17, 15) is 13.2 Å². The molecule has 1 aromatic heterocycles. The lowest BCUT2D eigenvalue weighted by Crippen LogP contribution is -2.50. The van der Waals surface area contributed by atoms with E-state index in [1.54, 1.807) is 26.8 Å². The molecule has 0 aliphatic rings. The fourth-order valence-electron chi connectivity index (χ4n) is 1.39. The first kappa shape index (κ1) is 16.6. The zero-order valence-corrected chi connectivity index (χ0v) is 13.0. The van der Waals surface area contributed by atoms with Gasteiger partial charge in [-0.15, -0.1) is 0 Å². The predicted octanol–water partition coefficient (Wildman–Crippen LogP) is 0.342. The summed E-state index contributed by atoms with van der Waals surface area (Å²) in [6, 6.07) is 0.648. The van der Waals surface area contributed by atoms with Crippen LogP contribution >= 0.6 is 0 Å². The number of hydrogen-bond acceptors (Lipinski definition) is 5. The third-order valence-corrected chi connectivity index (χ3v) is 4.10. The van der Waals surface area contributed by atoms with Gasteiger partial charge in [0.15, 0.2) is 5.82 Å². The molecule has 0 radical (unpaired) electrons. The molecule has 0 aliphatic carbocycles. The second kappa shape index (κ2) is 6.33. The van der Waals surface area contributed by atoms with Crippen LogP contribution in [-0.2, 0) is 15.0 Å². The molecule has 0 aromatic carbocycles. The molecule has 2 N–H and O–H groups in total. The number of anilines is 1. The highest BCUT2D eigenvalue weighted by Crippen LogP contribution is 2.11. The third kappa shape index (κ3) is 4.29. The Kier molecular flexibility index (Phi) is 5.26. The number of amides is 1. The highest BCUT2D eigenvalue weighted by Gasteiger charge is 2.28. The minimum Gasteiger partial charge on any atom is -0.360 e. The number of aryl methyl sites for hydroxylation is 1. The van der Waals surface area contributed by atoms with Crippen LogP contribution in [-0.4, -0.2) is 43.9 Å². The van der Waals surface area contributed by atoms with Crippen LogP contribution in [0.2, 0.25) is 0 Å². The smallest absolute Gasteiger partial charge is 0.279 e. The van der Waals surface area contributed by atoms with Gasteiger partial charge in [-0.3, -0.25) is 4.79 Å². The van der Waals surface area contributed by atoms with Crippen molar-refractivity contribution in [1.82, 2.24) is 14.2 Å². The summed E-state index contributed by atoms with van der Waals surface area (Å²) in [4.78, 5) is 12.1. The second-order valence-corrected chi connectivity index (χ2v) is 6.86. The Bertz CT molecular complexity index is 565. The molecule has 1 aromatic rings. The summed E-state index contributed by atoms with van der Waals surface area (Å²) in [5.74, 6) is 0.0916. The van der Waals surface area contributed by atoms with Crippen LogP contribution in [0.3, 0.4) is 0 Å². The lowest BCUT2D eigenvalue weighted by molar-refractivity contribution is -0.118. The largest absolute Gasteiger partial charge is 0.360 e. The van der Waals surface area contributed by atoms with Crippen LogP contribution in [0, 0.1) is 12.8 Å². The van der Waals surface area contributed by atoms with Gasteiger partial charge in [-0.25, -0.2) is 0 Å². The number of aromatic nitrogens is 1. The van der Waals surface area contributed by atoms with Gasteiger partial charge >= 0.3 is 0 Å². The maximum Gasteiger partial charge on any atom is 0.279 e. The highest BCUT2D eigenvalue weighted by atomic mass is 32.2. The van der Waals surface area contributed by atoms with E-state index < -0.39 is 22.2 Å². The first-order chi connectivity index (χ1) is 9.13. The van der Waals surface area contributed by atoms with Gasteiger partial charge in [-0.05, 0) is 12.8 Å². The van der Waals surface area contributed by atoms with Gasteiger partial charge < -0.3 is 9.84 Å². The van der Waals surface area contributed by atoms with Crippen LogP contribution in [0.5, 0.6) is 0 Å². The van der Waals surface area contributed by atoms with Gasteiger partial charge in [0.1, 0.15) is 11.8 Å². The third-order valence-electron chi connectivity index (χ3n) is 2.58. The maximum absolute atomic E-state index is 12.1. The normalized spacial score (nSPS) is 13.8. The molecule has 1 rings (SSSR count). The topological polar surface area (TPSA) is 105 Å². The summed E-state index contributed by atoms with van der Waals surface area (Å²) >= 11 is 0. The van der Waals surface area contributed by atoms with Crippen molar-refractivity contribution in [3.05, 3.63) is 11.8 Å². The number of nitrogens with one attached hydrogen (secondary N) is 2. The van der Waals surface area contributed by atoms with Crippen LogP contribution < -0.4 is 10.0 Å². The lowest BCUT2D eigenvalue weighted by Gasteiger charge is -2.22. The molecule has 0 bridgehead atoms. The molecular weight excluding hydrogens is 284 g/mol. The Morgan fingerprint density at radius 3 is 2.40 bits per heavy atom. The highest BCUT2D eigenvalue weighted by molar-refractivity contribution is 7.87. The molecule has 1 heterocycles. The van der Waals surface area contributed by atoms with Crippen molar-refractivity contribution < 1.29 is 17.7 Å². The van der Waals surface area contributed by atoms with Crippen molar-refractivity contribution >= 4 is 21.9 Å². The number of carbonyl (C=O) groups is 1. The van der Waals surface area contributed by atoms with Gasteiger partial charge in [0.2, 0.25) is 5.91 Å². The monoisotopic (exact) mass is 304 g/mol. The molecular formula is C11H20N4O4S. The molecule has 1 amide bonds. The first-order valence-electron chi connectivity index (χ1n) is 6.07. The van der Waals surface area contributed by atoms with E-state index in [0.717, 1.165) is 4.31 Å². The fraction of sp³-hybridized carbons (Fsp3) is 0.636. The summed E-state index contributed by atoms with van der Waals surface area (Å²) < 4.78 is 31.8. The van der Waals surface area contributed by atoms with Crippen LogP contribution in [0.25, 0.3) is 0 Å². The van der Waals surface area contributed by atoms with Gasteiger partial charge in [0.05, 0.1) is 0 Å². The van der Waals surface area contributed by atoms with Crippen molar-refractivity contribution in [2.45, 2.75) is 26.8 Å². The molecule has 0 saturated carbocycles. The van der Waals surface area contributed by atoms with E-state index in [4.69, 9.17) is 4.52 Å². The van der Waals surface area contributed by atoms with Crippen molar-refractivity contribution in [1.29, 1.82) is 0 Å². The minimum atomic E-state index is -3.70. The van der Waals surface area contributed by atoms with Gasteiger partial charge in [0.25, 0.3) is 10.2 Å². The Balaban J connectivity index is 2.83. The number of nitrogens with zero attached hydrogens (tertiary/aromatic N) is 2. The van der Waals surface area contributed by atoms with Crippen molar-refractivity contribution in [3.63, 3.8) is 0 Å². The van der Waals surface area contributed by atoms with E-state index in [1.165, 1.54) is 14.1 Å². The fourth-order valence-corrected chi connectivity index (χ4v) is 2.30. The molecule has 114 valence electrons. The molecule has 0 spiro atoms. The first-order valence-corrected chi connectivity index (χ1v) is 7.51. The molecule has 0 aliphatic heterocycles. The molecule has 1 atom stereocenters. The average molecular weight is 304 g/mol. The summed E-state index contributed by atoms with van der Waals surface area (Å²) in [7, 11) is -0.921. The lowest BCUT2D eigenvalue weighted by atomic mass is 10.1. The summed E-state index contributed by atoms with van der Waals surface area (Å²) in [5, 5.41) is 6.15. The number of hydrogen-bond donors (Lipinski definition) is 2. The Morgan fingerprint density at radius 2 is 2.00 bits per heavy atom. The SMILES string of the molecule is Cc1cc(NC(=O)[C@@H](NS(=O)(=O)N(C)C)C(C)C)no1. The zero-order valence-electron chi connectivity index (χ0n) is 12.2. The van der Waals surface area contributed by atoms with Crippen molar-refractivity contribution in [2.24, 2.45) is 5.92 Å². The van der Waals surface area contributed by atoms with E-state index in [2.05, 4.69) is 15.2 Å². The molecule has 0 fully saturated rings. The van der Waals surface area contributed by atoms with Crippen LogP contribution in [0.4, 0.5) is 5.82 Å². The quantitative estimate of drug-likeness (QED) is 0.788. The standard InChI is InChI=1S/C11H20N4O4S/c1-7(2)10(14-20(17,18)15(4)5)11(16)12-9-6-8(3)19-13-9/h6-7,10,14H,1-5H3,(H,12,13,16)/t10-/m0/s1. The number of carbonyl (C=O) groups excluding carboxylic acids is 1. The molecule has 0 unspecified atom stereocenters. The number of rotatable bonds is 6. The molecule has 20 heavy (non-hydrogen) atoms. The van der Waals surface area contributed by atoms with E-state index in [0.29, 0.717) is 5.76 Å². The Morgan fingerprint density at radius 1 is 1.40 bits per heavy atom. The molecule has 9 heteroatoms.